The monoisotopic (exact) mass is 308 g/mol. The second-order valence-corrected chi connectivity index (χ2v) is 4.86. The predicted molar refractivity (Wildman–Crippen MR) is 82.3 cm³/mol. The highest BCUT2D eigenvalue weighted by Gasteiger charge is 2.19. The number of allylic oxidation sites excluding steroid dienone is 1. The Bertz CT molecular complexity index is 592. The van der Waals surface area contributed by atoms with Crippen LogP contribution in [0.15, 0.2) is 23.8 Å². The first-order valence-electron chi connectivity index (χ1n) is 6.71. The molecular weight excluding hydrogens is 288 g/mol. The van der Waals surface area contributed by atoms with Crippen LogP contribution in [-0.4, -0.2) is 31.6 Å². The maximum atomic E-state index is 11.5. The number of nitrogens with zero attached hydrogens (tertiary/aromatic N) is 1. The number of hydrogen-bond donors (Lipinski definition) is 1. The summed E-state index contributed by atoms with van der Waals surface area (Å²) >= 11 is 0. The predicted octanol–water partition coefficient (Wildman–Crippen LogP) is 2.24. The Morgan fingerprint density at radius 2 is 1.86 bits per heavy atom. The lowest BCUT2D eigenvalue weighted by Gasteiger charge is -2.10. The normalized spacial score (nSPS) is 9.82. The van der Waals surface area contributed by atoms with Crippen molar-refractivity contribution in [3.05, 3.63) is 39.5 Å². The minimum absolute atomic E-state index is 0.0610. The van der Waals surface area contributed by atoms with Crippen LogP contribution >= 0.6 is 0 Å². The summed E-state index contributed by atoms with van der Waals surface area (Å²) in [6.45, 7) is 3.93. The van der Waals surface area contributed by atoms with E-state index in [-0.39, 0.29) is 11.6 Å². The van der Waals surface area contributed by atoms with E-state index >= 15 is 0 Å². The molecule has 7 heteroatoms. The third-order valence-corrected chi connectivity index (χ3v) is 2.89. The summed E-state index contributed by atoms with van der Waals surface area (Å²) in [7, 11) is 2.88. The van der Waals surface area contributed by atoms with Crippen molar-refractivity contribution >= 4 is 11.6 Å². The Kier molecular flexibility index (Phi) is 6.37. The molecule has 1 N–H and O–H groups in total. The van der Waals surface area contributed by atoms with Crippen molar-refractivity contribution in [3.8, 4) is 11.5 Å². The zero-order valence-electron chi connectivity index (χ0n) is 13.1. The lowest BCUT2D eigenvalue weighted by molar-refractivity contribution is -0.385. The maximum Gasteiger partial charge on any atom is 0.276 e. The van der Waals surface area contributed by atoms with Crippen molar-refractivity contribution < 1.29 is 19.2 Å². The van der Waals surface area contributed by atoms with Crippen LogP contribution in [0.4, 0.5) is 5.69 Å². The molecule has 1 aromatic rings. The number of benzene rings is 1. The van der Waals surface area contributed by atoms with Crippen LogP contribution < -0.4 is 14.8 Å². The van der Waals surface area contributed by atoms with Gasteiger partial charge in [0, 0.05) is 18.2 Å². The third kappa shape index (κ3) is 4.76. The first-order chi connectivity index (χ1) is 10.4. The molecule has 1 rings (SSSR count). The van der Waals surface area contributed by atoms with Gasteiger partial charge >= 0.3 is 0 Å². The molecule has 0 heterocycles. The molecule has 0 bridgehead atoms. The largest absolute Gasteiger partial charge is 0.493 e. The standard InChI is InChI=1S/C15H20N2O5/c1-10(2)7-15(18)16-6-5-11-8-13(21-3)14(22-4)9-12(11)17(19)20/h7-9H,5-6H2,1-4H3,(H,16,18). The molecule has 7 nitrogen and oxygen atoms in total. The fourth-order valence-electron chi connectivity index (χ4n) is 1.91. The molecule has 0 saturated carbocycles. The summed E-state index contributed by atoms with van der Waals surface area (Å²) in [5, 5.41) is 13.8. The first-order valence-corrected chi connectivity index (χ1v) is 6.71. The maximum absolute atomic E-state index is 11.5. The molecule has 0 saturated heterocycles. The number of nitrogens with one attached hydrogen (secondary N) is 1. The molecule has 0 unspecified atom stereocenters. The van der Waals surface area contributed by atoms with Gasteiger partial charge in [0.05, 0.1) is 25.2 Å². The van der Waals surface area contributed by atoms with Crippen molar-refractivity contribution in [2.75, 3.05) is 20.8 Å². The lowest BCUT2D eigenvalue weighted by atomic mass is 10.1. The minimum atomic E-state index is -0.477. The molecule has 0 aliphatic heterocycles. The number of nitro groups is 1. The fourth-order valence-corrected chi connectivity index (χ4v) is 1.91. The Balaban J connectivity index is 2.91. The number of carbonyl (C=O) groups is 1. The molecule has 0 aromatic heterocycles. The van der Waals surface area contributed by atoms with E-state index < -0.39 is 4.92 Å². The second-order valence-electron chi connectivity index (χ2n) is 4.86. The van der Waals surface area contributed by atoms with Gasteiger partial charge in [-0.05, 0) is 26.3 Å². The molecule has 22 heavy (non-hydrogen) atoms. The van der Waals surface area contributed by atoms with Crippen LogP contribution in [0, 0.1) is 10.1 Å². The molecule has 0 spiro atoms. The van der Waals surface area contributed by atoms with Crippen molar-refractivity contribution in [3.63, 3.8) is 0 Å². The topological polar surface area (TPSA) is 90.7 Å². The number of rotatable bonds is 7. The number of nitro benzene ring substituents is 1. The molecular formula is C15H20N2O5. The number of methoxy groups -OCH3 is 2. The van der Waals surface area contributed by atoms with Gasteiger partial charge in [-0.15, -0.1) is 0 Å². The highest BCUT2D eigenvalue weighted by molar-refractivity contribution is 5.88. The van der Waals surface area contributed by atoms with Gasteiger partial charge in [-0.3, -0.25) is 14.9 Å². The van der Waals surface area contributed by atoms with Crippen molar-refractivity contribution in [2.45, 2.75) is 20.3 Å². The van der Waals surface area contributed by atoms with E-state index in [0.29, 0.717) is 30.0 Å². The summed E-state index contributed by atoms with van der Waals surface area (Å²) in [4.78, 5) is 22.2. The van der Waals surface area contributed by atoms with Crippen LogP contribution in [0.5, 0.6) is 11.5 Å². The van der Waals surface area contributed by atoms with Gasteiger partial charge in [0.15, 0.2) is 11.5 Å². The van der Waals surface area contributed by atoms with Gasteiger partial charge in [-0.25, -0.2) is 0 Å². The number of carbonyl (C=O) groups excluding carboxylic acids is 1. The van der Waals surface area contributed by atoms with E-state index in [1.54, 1.807) is 6.07 Å². The summed E-state index contributed by atoms with van der Waals surface area (Å²) < 4.78 is 10.2. The molecule has 0 aliphatic rings. The molecule has 0 atom stereocenters. The van der Waals surface area contributed by atoms with Gasteiger partial charge in [0.2, 0.25) is 5.91 Å². The molecule has 0 fully saturated rings. The van der Waals surface area contributed by atoms with Gasteiger partial charge in [0.1, 0.15) is 0 Å². The van der Waals surface area contributed by atoms with Gasteiger partial charge in [-0.2, -0.15) is 0 Å². The summed E-state index contributed by atoms with van der Waals surface area (Å²) in [6, 6.07) is 2.89. The van der Waals surface area contributed by atoms with E-state index in [2.05, 4.69) is 5.32 Å². The first kappa shape index (κ1) is 17.5. The van der Waals surface area contributed by atoms with E-state index in [1.807, 2.05) is 13.8 Å². The minimum Gasteiger partial charge on any atom is -0.493 e. The van der Waals surface area contributed by atoms with Crippen LogP contribution in [0.3, 0.4) is 0 Å². The number of hydrogen-bond acceptors (Lipinski definition) is 5. The van der Waals surface area contributed by atoms with Crippen LogP contribution in [0.2, 0.25) is 0 Å². The van der Waals surface area contributed by atoms with E-state index in [4.69, 9.17) is 9.47 Å². The van der Waals surface area contributed by atoms with Gasteiger partial charge in [0.25, 0.3) is 5.69 Å². The Morgan fingerprint density at radius 1 is 1.27 bits per heavy atom. The molecule has 0 aliphatic carbocycles. The van der Waals surface area contributed by atoms with Gasteiger partial charge < -0.3 is 14.8 Å². The van der Waals surface area contributed by atoms with Crippen molar-refractivity contribution in [1.82, 2.24) is 5.32 Å². The Labute approximate surface area is 129 Å². The van der Waals surface area contributed by atoms with Crippen LogP contribution in [-0.2, 0) is 11.2 Å². The second kappa shape index (κ2) is 8.02. The van der Waals surface area contributed by atoms with E-state index in [0.717, 1.165) is 5.57 Å². The fraction of sp³-hybridized carbons (Fsp3) is 0.400. The molecule has 1 amide bonds. The van der Waals surface area contributed by atoms with Crippen LogP contribution in [0.25, 0.3) is 0 Å². The average molecular weight is 308 g/mol. The van der Waals surface area contributed by atoms with E-state index in [1.165, 1.54) is 26.4 Å². The summed E-state index contributed by atoms with van der Waals surface area (Å²) in [5.74, 6) is 0.494. The number of amides is 1. The molecule has 0 radical (unpaired) electrons. The number of ether oxygens (including phenoxy) is 2. The summed E-state index contributed by atoms with van der Waals surface area (Å²) in [6.07, 6.45) is 1.79. The van der Waals surface area contributed by atoms with E-state index in [9.17, 15) is 14.9 Å². The summed E-state index contributed by atoms with van der Waals surface area (Å²) in [5.41, 5.74) is 1.30. The third-order valence-electron chi connectivity index (χ3n) is 2.89. The quantitative estimate of drug-likeness (QED) is 0.474. The highest BCUT2D eigenvalue weighted by atomic mass is 16.6. The SMILES string of the molecule is COc1cc(CCNC(=O)C=C(C)C)c([N+](=O)[O-])cc1OC. The highest BCUT2D eigenvalue weighted by Crippen LogP contribution is 2.34. The Morgan fingerprint density at radius 3 is 2.36 bits per heavy atom. The van der Waals surface area contributed by atoms with Crippen molar-refractivity contribution in [1.29, 1.82) is 0 Å². The zero-order chi connectivity index (χ0) is 16.7. The average Bonchev–Trinajstić information content (AvgIpc) is 2.45. The molecule has 1 aromatic carbocycles. The van der Waals surface area contributed by atoms with Crippen LogP contribution in [0.1, 0.15) is 19.4 Å². The molecule has 120 valence electrons. The smallest absolute Gasteiger partial charge is 0.276 e. The Hall–Kier alpha value is -2.57. The van der Waals surface area contributed by atoms with Gasteiger partial charge in [-0.1, -0.05) is 5.57 Å². The lowest BCUT2D eigenvalue weighted by Crippen LogP contribution is -2.24. The van der Waals surface area contributed by atoms with Crippen molar-refractivity contribution in [2.24, 2.45) is 0 Å². The zero-order valence-corrected chi connectivity index (χ0v) is 13.1.